The highest BCUT2D eigenvalue weighted by Gasteiger charge is 2.26. The van der Waals surface area contributed by atoms with Gasteiger partial charge in [0.1, 0.15) is 29.2 Å². The number of hydrogen-bond acceptors (Lipinski definition) is 9. The second-order valence-corrected chi connectivity index (χ2v) is 7.35. The summed E-state index contributed by atoms with van der Waals surface area (Å²) < 4.78 is 42.8. The number of aryl methyl sites for hydroxylation is 1. The molecule has 28 heavy (non-hydrogen) atoms. The second kappa shape index (κ2) is 8.35. The van der Waals surface area contributed by atoms with Gasteiger partial charge in [-0.15, -0.1) is 0 Å². The number of nitrogens with zero attached hydrogens (tertiary/aromatic N) is 3. The first kappa shape index (κ1) is 19.8. The second-order valence-electron chi connectivity index (χ2n) is 5.69. The number of benzene rings is 1. The number of anilines is 1. The molecule has 1 aromatic heterocycles. The molecule has 1 unspecified atom stereocenters. The Morgan fingerprint density at radius 3 is 2.71 bits per heavy atom. The minimum Gasteiger partial charge on any atom is -0.489 e. The number of carbonyl (C=O) groups is 1. The number of rotatable bonds is 8. The van der Waals surface area contributed by atoms with Crippen molar-refractivity contribution in [3.8, 4) is 11.8 Å². The highest BCUT2D eigenvalue weighted by Crippen LogP contribution is 2.24. The van der Waals surface area contributed by atoms with Gasteiger partial charge in [0.25, 0.3) is 10.0 Å². The first-order chi connectivity index (χ1) is 13.4. The van der Waals surface area contributed by atoms with E-state index in [1.807, 2.05) is 4.72 Å². The largest absolute Gasteiger partial charge is 0.489 e. The first-order valence-electron chi connectivity index (χ1n) is 8.40. The van der Waals surface area contributed by atoms with Crippen molar-refractivity contribution in [3.63, 3.8) is 0 Å². The summed E-state index contributed by atoms with van der Waals surface area (Å²) in [7, 11) is -4.20. The van der Waals surface area contributed by atoms with Crippen LogP contribution >= 0.6 is 0 Å². The molecule has 1 aliphatic rings. The summed E-state index contributed by atoms with van der Waals surface area (Å²) in [6, 6.07) is 4.97. The minimum absolute atomic E-state index is 0.0224. The van der Waals surface area contributed by atoms with Crippen LogP contribution in [0.1, 0.15) is 12.7 Å². The van der Waals surface area contributed by atoms with E-state index in [1.165, 1.54) is 18.2 Å². The number of ether oxygens (including phenoxy) is 3. The molecule has 1 fully saturated rings. The number of hydrogen-bond donors (Lipinski definition) is 2. The molecule has 2 aromatic rings. The van der Waals surface area contributed by atoms with Crippen LogP contribution in [0.2, 0.25) is 0 Å². The molecule has 150 valence electrons. The number of aromatic nitrogens is 3. The van der Waals surface area contributed by atoms with Gasteiger partial charge >= 0.3 is 12.0 Å². The van der Waals surface area contributed by atoms with Gasteiger partial charge < -0.3 is 14.2 Å². The third-order valence-electron chi connectivity index (χ3n) is 3.42. The normalized spacial score (nSPS) is 15.6. The lowest BCUT2D eigenvalue weighted by molar-refractivity contribution is 0.255. The fraction of sp³-hybridized carbons (Fsp3) is 0.375. The van der Waals surface area contributed by atoms with E-state index in [-0.39, 0.29) is 35.3 Å². The van der Waals surface area contributed by atoms with Gasteiger partial charge in [-0.1, -0.05) is 12.1 Å². The zero-order chi connectivity index (χ0) is 20.1. The molecule has 0 saturated carbocycles. The molecule has 12 heteroatoms. The molecular formula is C16H19N5O6S. The van der Waals surface area contributed by atoms with Crippen molar-refractivity contribution in [2.75, 3.05) is 25.1 Å². The quantitative estimate of drug-likeness (QED) is 0.606. The molecular weight excluding hydrogens is 390 g/mol. The van der Waals surface area contributed by atoms with Gasteiger partial charge in [0, 0.05) is 0 Å². The smallest absolute Gasteiger partial charge is 0.335 e. The van der Waals surface area contributed by atoms with Crippen molar-refractivity contribution in [2.24, 2.45) is 0 Å². The number of amides is 2. The Morgan fingerprint density at radius 1 is 1.25 bits per heavy atom. The van der Waals surface area contributed by atoms with Gasteiger partial charge in [0.15, 0.2) is 0 Å². The average Bonchev–Trinajstić information content (AvgIpc) is 3.44. The predicted molar refractivity (Wildman–Crippen MR) is 96.8 cm³/mol. The zero-order valence-corrected chi connectivity index (χ0v) is 16.0. The van der Waals surface area contributed by atoms with Crippen LogP contribution in [-0.2, 0) is 14.8 Å². The lowest BCUT2D eigenvalue weighted by Crippen LogP contribution is -2.35. The van der Waals surface area contributed by atoms with E-state index in [1.54, 1.807) is 19.9 Å². The summed E-state index contributed by atoms with van der Waals surface area (Å²) in [5.74, 6) is 0.282. The van der Waals surface area contributed by atoms with E-state index in [0.717, 1.165) is 0 Å². The van der Waals surface area contributed by atoms with Crippen molar-refractivity contribution in [3.05, 3.63) is 30.1 Å². The third-order valence-corrected chi connectivity index (χ3v) is 4.79. The van der Waals surface area contributed by atoms with E-state index in [2.05, 4.69) is 20.3 Å². The van der Waals surface area contributed by atoms with E-state index in [0.29, 0.717) is 19.0 Å². The van der Waals surface area contributed by atoms with E-state index < -0.39 is 16.1 Å². The van der Waals surface area contributed by atoms with Crippen LogP contribution in [-0.4, -0.2) is 55.3 Å². The predicted octanol–water partition coefficient (Wildman–Crippen LogP) is 0.867. The highest BCUT2D eigenvalue weighted by molar-refractivity contribution is 7.90. The van der Waals surface area contributed by atoms with Crippen molar-refractivity contribution in [1.29, 1.82) is 0 Å². The molecule has 2 amide bonds. The maximum Gasteiger partial charge on any atom is 0.335 e. The van der Waals surface area contributed by atoms with Crippen LogP contribution in [0.25, 0.3) is 0 Å². The van der Waals surface area contributed by atoms with Crippen LogP contribution < -0.4 is 19.5 Å². The molecule has 0 radical (unpaired) electrons. The maximum atomic E-state index is 12.6. The van der Waals surface area contributed by atoms with Gasteiger partial charge in [0.05, 0.1) is 13.2 Å². The summed E-state index contributed by atoms with van der Waals surface area (Å²) in [5, 5.41) is 2.25. The first-order valence-corrected chi connectivity index (χ1v) is 9.88. The van der Waals surface area contributed by atoms with E-state index >= 15 is 0 Å². The fourth-order valence-electron chi connectivity index (χ4n) is 2.15. The molecule has 1 aromatic carbocycles. The molecule has 11 nitrogen and oxygen atoms in total. The van der Waals surface area contributed by atoms with Crippen LogP contribution in [0, 0.1) is 6.92 Å². The SMILES string of the molecule is CCOc1nc(C)nc(NC(=O)NS(=O)(=O)c2ccccc2OCC2CO2)n1. The average molecular weight is 409 g/mol. The fourth-order valence-corrected chi connectivity index (χ4v) is 3.20. The van der Waals surface area contributed by atoms with Crippen molar-refractivity contribution >= 4 is 22.0 Å². The monoisotopic (exact) mass is 409 g/mol. The molecule has 0 spiro atoms. The van der Waals surface area contributed by atoms with Crippen LogP contribution in [0.15, 0.2) is 29.2 Å². The lowest BCUT2D eigenvalue weighted by atomic mass is 10.3. The number of urea groups is 1. The topological polar surface area (TPSA) is 145 Å². The van der Waals surface area contributed by atoms with Crippen LogP contribution in [0.4, 0.5) is 10.7 Å². The molecule has 1 atom stereocenters. The van der Waals surface area contributed by atoms with E-state index in [4.69, 9.17) is 14.2 Å². The lowest BCUT2D eigenvalue weighted by Gasteiger charge is -2.12. The van der Waals surface area contributed by atoms with E-state index in [9.17, 15) is 13.2 Å². The summed E-state index contributed by atoms with van der Waals surface area (Å²) >= 11 is 0. The van der Waals surface area contributed by atoms with Crippen LogP contribution in [0.5, 0.6) is 11.8 Å². The summed E-state index contributed by atoms with van der Waals surface area (Å²) in [5.41, 5.74) is 0. The molecule has 1 aliphatic heterocycles. The van der Waals surface area contributed by atoms with Crippen LogP contribution in [0.3, 0.4) is 0 Å². The minimum atomic E-state index is -4.20. The van der Waals surface area contributed by atoms with Gasteiger partial charge in [-0.25, -0.2) is 17.9 Å². The number of sulfonamides is 1. The third kappa shape index (κ3) is 5.27. The van der Waals surface area contributed by atoms with Gasteiger partial charge in [-0.2, -0.15) is 15.0 Å². The molecule has 0 bridgehead atoms. The van der Waals surface area contributed by atoms with Gasteiger partial charge in [-0.05, 0) is 26.0 Å². The summed E-state index contributed by atoms with van der Waals surface area (Å²) in [4.78, 5) is 23.7. The molecule has 2 N–H and O–H groups in total. The Labute approximate surface area is 161 Å². The number of para-hydroxylation sites is 1. The summed E-state index contributed by atoms with van der Waals surface area (Å²) in [6.45, 7) is 4.46. The zero-order valence-electron chi connectivity index (χ0n) is 15.2. The highest BCUT2D eigenvalue weighted by atomic mass is 32.2. The van der Waals surface area contributed by atoms with Crippen molar-refractivity contribution in [2.45, 2.75) is 24.8 Å². The van der Waals surface area contributed by atoms with Crippen molar-refractivity contribution in [1.82, 2.24) is 19.7 Å². The Kier molecular flexibility index (Phi) is 5.90. The molecule has 0 aliphatic carbocycles. The Bertz CT molecular complexity index is 964. The van der Waals surface area contributed by atoms with Gasteiger partial charge in [0.2, 0.25) is 5.95 Å². The number of epoxide rings is 1. The van der Waals surface area contributed by atoms with Crippen molar-refractivity contribution < 1.29 is 27.4 Å². The summed E-state index contributed by atoms with van der Waals surface area (Å²) in [6.07, 6.45) is -0.0429. The maximum absolute atomic E-state index is 12.6. The molecule has 1 saturated heterocycles. The molecule has 2 heterocycles. The Morgan fingerprint density at radius 2 is 2.00 bits per heavy atom. The Balaban J connectivity index is 1.71. The number of nitrogens with one attached hydrogen (secondary N) is 2. The standard InChI is InChI=1S/C16H19N5O6S/c1-3-25-16-18-10(2)17-14(20-16)19-15(22)21-28(23,24)13-7-5-4-6-12(13)27-9-11-8-26-11/h4-7,11H,3,8-9H2,1-2H3,(H2,17,18,19,20,21,22). The van der Waals surface area contributed by atoms with Gasteiger partial charge in [-0.3, -0.25) is 5.32 Å². The molecule has 3 rings (SSSR count). The number of carbonyl (C=O) groups excluding carboxylic acids is 1. The Hall–Kier alpha value is -2.99.